The predicted molar refractivity (Wildman–Crippen MR) is 83.7 cm³/mol. The molecule has 0 saturated carbocycles. The zero-order valence-corrected chi connectivity index (χ0v) is 13.0. The average Bonchev–Trinajstić information content (AvgIpc) is 2.41. The summed E-state index contributed by atoms with van der Waals surface area (Å²) in [4.78, 5) is 13.9. The normalized spacial score (nSPS) is 10.4. The first-order chi connectivity index (χ1) is 9.47. The highest BCUT2D eigenvalue weighted by Gasteiger charge is 2.13. The molecule has 0 aliphatic heterocycles. The van der Waals surface area contributed by atoms with Crippen LogP contribution in [-0.2, 0) is 6.54 Å². The third kappa shape index (κ3) is 3.66. The van der Waals surface area contributed by atoms with Gasteiger partial charge in [0.25, 0.3) is 5.91 Å². The van der Waals surface area contributed by atoms with Crippen molar-refractivity contribution < 1.29 is 4.79 Å². The van der Waals surface area contributed by atoms with E-state index in [4.69, 9.17) is 34.8 Å². The molecule has 2 nitrogen and oxygen atoms in total. The van der Waals surface area contributed by atoms with Gasteiger partial charge in [-0.05, 0) is 35.9 Å². The first kappa shape index (κ1) is 15.2. The summed E-state index contributed by atoms with van der Waals surface area (Å²) in [6, 6.07) is 12.1. The van der Waals surface area contributed by atoms with Crippen LogP contribution < -0.4 is 0 Å². The SMILES string of the molecule is CN(Cc1ccc(Cl)cc1Cl)C(=O)c1cccc(Cl)c1. The molecule has 0 heterocycles. The van der Waals surface area contributed by atoms with Crippen LogP contribution in [0.4, 0.5) is 0 Å². The van der Waals surface area contributed by atoms with Crippen molar-refractivity contribution in [3.8, 4) is 0 Å². The highest BCUT2D eigenvalue weighted by atomic mass is 35.5. The van der Waals surface area contributed by atoms with E-state index in [1.165, 1.54) is 0 Å². The molecule has 5 heteroatoms. The van der Waals surface area contributed by atoms with Crippen molar-refractivity contribution in [2.75, 3.05) is 7.05 Å². The topological polar surface area (TPSA) is 20.3 Å². The fourth-order valence-corrected chi connectivity index (χ4v) is 2.48. The van der Waals surface area contributed by atoms with E-state index >= 15 is 0 Å². The summed E-state index contributed by atoms with van der Waals surface area (Å²) in [5, 5.41) is 1.65. The summed E-state index contributed by atoms with van der Waals surface area (Å²) >= 11 is 17.8. The van der Waals surface area contributed by atoms with Gasteiger partial charge in [-0.15, -0.1) is 0 Å². The standard InChI is InChI=1S/C15H12Cl3NO/c1-19(9-11-5-6-13(17)8-14(11)18)15(20)10-3-2-4-12(16)7-10/h2-8H,9H2,1H3. The lowest BCUT2D eigenvalue weighted by molar-refractivity contribution is 0.0785. The Balaban J connectivity index is 2.15. The van der Waals surface area contributed by atoms with Crippen LogP contribution in [0.15, 0.2) is 42.5 Å². The monoisotopic (exact) mass is 327 g/mol. The lowest BCUT2D eigenvalue weighted by atomic mass is 10.1. The van der Waals surface area contributed by atoms with Crippen LogP contribution in [0.1, 0.15) is 15.9 Å². The van der Waals surface area contributed by atoms with Crippen molar-refractivity contribution in [2.45, 2.75) is 6.54 Å². The number of benzene rings is 2. The number of carbonyl (C=O) groups excluding carboxylic acids is 1. The van der Waals surface area contributed by atoms with Gasteiger partial charge in [0, 0.05) is 34.2 Å². The highest BCUT2D eigenvalue weighted by molar-refractivity contribution is 6.35. The molecule has 2 aromatic rings. The fraction of sp³-hybridized carbons (Fsp3) is 0.133. The van der Waals surface area contributed by atoms with Crippen LogP contribution in [0.25, 0.3) is 0 Å². The third-order valence-electron chi connectivity index (χ3n) is 2.84. The molecule has 0 aromatic heterocycles. The summed E-state index contributed by atoms with van der Waals surface area (Å²) in [6.07, 6.45) is 0. The Labute approximate surface area is 132 Å². The Morgan fingerprint density at radius 1 is 1.05 bits per heavy atom. The van der Waals surface area contributed by atoms with Gasteiger partial charge >= 0.3 is 0 Å². The number of halogens is 3. The minimum absolute atomic E-state index is 0.112. The van der Waals surface area contributed by atoms with Gasteiger partial charge in [-0.2, -0.15) is 0 Å². The number of hydrogen-bond donors (Lipinski definition) is 0. The average molecular weight is 329 g/mol. The van der Waals surface area contributed by atoms with Crippen molar-refractivity contribution in [1.82, 2.24) is 4.90 Å². The van der Waals surface area contributed by atoms with E-state index in [1.807, 2.05) is 6.07 Å². The molecular weight excluding hydrogens is 317 g/mol. The second-order valence-corrected chi connectivity index (χ2v) is 5.69. The number of carbonyl (C=O) groups is 1. The largest absolute Gasteiger partial charge is 0.337 e. The Bertz CT molecular complexity index is 643. The van der Waals surface area contributed by atoms with E-state index in [0.29, 0.717) is 27.2 Å². The van der Waals surface area contributed by atoms with Crippen LogP contribution in [0, 0.1) is 0 Å². The summed E-state index contributed by atoms with van der Waals surface area (Å²) in [5.41, 5.74) is 1.39. The molecule has 0 aliphatic rings. The van der Waals surface area contributed by atoms with Gasteiger partial charge in [0.15, 0.2) is 0 Å². The van der Waals surface area contributed by atoms with Gasteiger partial charge in [0.1, 0.15) is 0 Å². The maximum absolute atomic E-state index is 12.3. The maximum Gasteiger partial charge on any atom is 0.253 e. The van der Waals surface area contributed by atoms with Crippen LogP contribution in [0.3, 0.4) is 0 Å². The zero-order valence-electron chi connectivity index (χ0n) is 10.7. The van der Waals surface area contributed by atoms with Crippen molar-refractivity contribution >= 4 is 40.7 Å². The zero-order chi connectivity index (χ0) is 14.7. The molecule has 0 bridgehead atoms. The minimum atomic E-state index is -0.112. The molecule has 0 N–H and O–H groups in total. The molecule has 2 rings (SSSR count). The first-order valence-corrected chi connectivity index (χ1v) is 7.05. The van der Waals surface area contributed by atoms with Crippen LogP contribution in [-0.4, -0.2) is 17.9 Å². The maximum atomic E-state index is 12.3. The van der Waals surface area contributed by atoms with Crippen molar-refractivity contribution in [3.05, 3.63) is 68.7 Å². The number of amides is 1. The molecule has 104 valence electrons. The lowest BCUT2D eigenvalue weighted by Crippen LogP contribution is -2.26. The second-order valence-electron chi connectivity index (χ2n) is 4.41. The predicted octanol–water partition coefficient (Wildman–Crippen LogP) is 4.92. The van der Waals surface area contributed by atoms with Gasteiger partial charge in [-0.1, -0.05) is 46.9 Å². The molecule has 2 aromatic carbocycles. The molecule has 0 radical (unpaired) electrons. The lowest BCUT2D eigenvalue weighted by Gasteiger charge is -2.18. The third-order valence-corrected chi connectivity index (χ3v) is 3.66. The van der Waals surface area contributed by atoms with Gasteiger partial charge in [0.2, 0.25) is 0 Å². The van der Waals surface area contributed by atoms with E-state index in [9.17, 15) is 4.79 Å². The number of hydrogen-bond acceptors (Lipinski definition) is 1. The molecule has 20 heavy (non-hydrogen) atoms. The minimum Gasteiger partial charge on any atom is -0.337 e. The van der Waals surface area contributed by atoms with Crippen LogP contribution in [0.5, 0.6) is 0 Å². The Morgan fingerprint density at radius 3 is 2.40 bits per heavy atom. The smallest absolute Gasteiger partial charge is 0.253 e. The molecular formula is C15H12Cl3NO. The van der Waals surface area contributed by atoms with E-state index in [-0.39, 0.29) is 5.91 Å². The molecule has 0 aliphatic carbocycles. The molecule has 0 spiro atoms. The van der Waals surface area contributed by atoms with Gasteiger partial charge in [0.05, 0.1) is 0 Å². The van der Waals surface area contributed by atoms with E-state index in [1.54, 1.807) is 48.3 Å². The van der Waals surface area contributed by atoms with Crippen LogP contribution >= 0.6 is 34.8 Å². The summed E-state index contributed by atoms with van der Waals surface area (Å²) in [6.45, 7) is 0.404. The number of nitrogens with zero attached hydrogens (tertiary/aromatic N) is 1. The highest BCUT2D eigenvalue weighted by Crippen LogP contribution is 2.22. The quantitative estimate of drug-likeness (QED) is 0.783. The van der Waals surface area contributed by atoms with Crippen LogP contribution in [0.2, 0.25) is 15.1 Å². The second kappa shape index (κ2) is 6.49. The van der Waals surface area contributed by atoms with E-state index in [2.05, 4.69) is 0 Å². The molecule has 0 fully saturated rings. The molecule has 0 saturated heterocycles. The summed E-state index contributed by atoms with van der Waals surface area (Å²) < 4.78 is 0. The Morgan fingerprint density at radius 2 is 1.75 bits per heavy atom. The summed E-state index contributed by atoms with van der Waals surface area (Å²) in [7, 11) is 1.72. The molecule has 1 amide bonds. The van der Waals surface area contributed by atoms with Gasteiger partial charge < -0.3 is 4.90 Å². The van der Waals surface area contributed by atoms with Crippen molar-refractivity contribution in [3.63, 3.8) is 0 Å². The number of rotatable bonds is 3. The molecule has 0 atom stereocenters. The van der Waals surface area contributed by atoms with E-state index in [0.717, 1.165) is 5.56 Å². The molecule has 0 unspecified atom stereocenters. The van der Waals surface area contributed by atoms with E-state index < -0.39 is 0 Å². The first-order valence-electron chi connectivity index (χ1n) is 5.92. The fourth-order valence-electron chi connectivity index (χ4n) is 1.82. The van der Waals surface area contributed by atoms with Crippen molar-refractivity contribution in [1.29, 1.82) is 0 Å². The Kier molecular flexibility index (Phi) is 4.92. The van der Waals surface area contributed by atoms with Gasteiger partial charge in [-0.3, -0.25) is 4.79 Å². The Hall–Kier alpha value is -1.22. The summed E-state index contributed by atoms with van der Waals surface area (Å²) in [5.74, 6) is -0.112. The van der Waals surface area contributed by atoms with Crippen molar-refractivity contribution in [2.24, 2.45) is 0 Å². The van der Waals surface area contributed by atoms with Gasteiger partial charge in [-0.25, -0.2) is 0 Å².